The van der Waals surface area contributed by atoms with Crippen molar-refractivity contribution < 1.29 is 9.47 Å². The van der Waals surface area contributed by atoms with E-state index in [0.717, 1.165) is 30.2 Å². The van der Waals surface area contributed by atoms with E-state index in [-0.39, 0.29) is 6.10 Å². The van der Waals surface area contributed by atoms with E-state index < -0.39 is 0 Å². The number of hydrogen-bond donors (Lipinski definition) is 1. The van der Waals surface area contributed by atoms with E-state index in [1.165, 1.54) is 5.56 Å². The van der Waals surface area contributed by atoms with Crippen LogP contribution in [0.25, 0.3) is 0 Å². The minimum atomic E-state index is 0.0855. The summed E-state index contributed by atoms with van der Waals surface area (Å²) in [6, 6.07) is 16.3. The number of rotatable bonds is 8. The van der Waals surface area contributed by atoms with Crippen molar-refractivity contribution >= 4 is 5.69 Å². The Hall–Kier alpha value is -2.16. The molecule has 3 heteroatoms. The lowest BCUT2D eigenvalue weighted by molar-refractivity contribution is 0.231. The van der Waals surface area contributed by atoms with E-state index >= 15 is 0 Å². The Morgan fingerprint density at radius 1 is 1.00 bits per heavy atom. The van der Waals surface area contributed by atoms with Gasteiger partial charge in [0, 0.05) is 5.69 Å². The average Bonchev–Trinajstić information content (AvgIpc) is 2.60. The van der Waals surface area contributed by atoms with Crippen LogP contribution in [0, 0.1) is 0 Å². The number of anilines is 1. The Labute approximate surface area is 139 Å². The lowest BCUT2D eigenvalue weighted by atomic mass is 9.98. The van der Waals surface area contributed by atoms with Gasteiger partial charge in [-0.15, -0.1) is 0 Å². The van der Waals surface area contributed by atoms with Crippen LogP contribution in [-0.2, 0) is 0 Å². The number of benzene rings is 2. The second-order valence-electron chi connectivity index (χ2n) is 5.88. The van der Waals surface area contributed by atoms with E-state index in [9.17, 15) is 0 Å². The predicted molar refractivity (Wildman–Crippen MR) is 96.7 cm³/mol. The maximum Gasteiger partial charge on any atom is 0.123 e. The highest BCUT2D eigenvalue weighted by Crippen LogP contribution is 2.29. The van der Waals surface area contributed by atoms with Gasteiger partial charge < -0.3 is 14.8 Å². The van der Waals surface area contributed by atoms with Crippen LogP contribution in [0.5, 0.6) is 11.5 Å². The number of nitrogens with one attached hydrogen (secondary N) is 1. The number of para-hydroxylation sites is 1. The van der Waals surface area contributed by atoms with Gasteiger partial charge in [-0.2, -0.15) is 0 Å². The Bertz CT molecular complexity index is 595. The third kappa shape index (κ3) is 4.92. The van der Waals surface area contributed by atoms with Crippen molar-refractivity contribution in [3.05, 3.63) is 54.1 Å². The molecule has 2 aromatic rings. The Balaban J connectivity index is 1.93. The van der Waals surface area contributed by atoms with E-state index in [0.29, 0.717) is 5.92 Å². The summed E-state index contributed by atoms with van der Waals surface area (Å²) in [5, 5.41) is 3.40. The van der Waals surface area contributed by atoms with Crippen LogP contribution in [0.1, 0.15) is 38.7 Å². The molecule has 0 saturated carbocycles. The summed E-state index contributed by atoms with van der Waals surface area (Å²) >= 11 is 0. The fourth-order valence-electron chi connectivity index (χ4n) is 2.44. The van der Waals surface area contributed by atoms with Gasteiger partial charge in [-0.05, 0) is 55.2 Å². The van der Waals surface area contributed by atoms with Crippen molar-refractivity contribution in [3.63, 3.8) is 0 Å². The van der Waals surface area contributed by atoms with Crippen molar-refractivity contribution in [1.82, 2.24) is 0 Å². The summed E-state index contributed by atoms with van der Waals surface area (Å²) in [7, 11) is 1.67. The van der Waals surface area contributed by atoms with Crippen LogP contribution in [0.15, 0.2) is 48.5 Å². The number of methoxy groups -OCH3 is 1. The minimum absolute atomic E-state index is 0.0855. The van der Waals surface area contributed by atoms with Crippen molar-refractivity contribution in [2.75, 3.05) is 19.0 Å². The van der Waals surface area contributed by atoms with Crippen molar-refractivity contribution in [2.45, 2.75) is 39.2 Å². The zero-order chi connectivity index (χ0) is 16.7. The number of hydrogen-bond acceptors (Lipinski definition) is 3. The molecule has 2 aromatic carbocycles. The summed E-state index contributed by atoms with van der Waals surface area (Å²) in [5.74, 6) is 2.36. The van der Waals surface area contributed by atoms with Gasteiger partial charge in [-0.3, -0.25) is 0 Å². The first-order chi connectivity index (χ1) is 11.1. The molecular weight excluding hydrogens is 286 g/mol. The van der Waals surface area contributed by atoms with Crippen LogP contribution >= 0.6 is 0 Å². The molecule has 0 saturated heterocycles. The highest BCUT2D eigenvalue weighted by molar-refractivity contribution is 5.46. The molecule has 0 bridgehead atoms. The lowest BCUT2D eigenvalue weighted by Gasteiger charge is -2.20. The van der Waals surface area contributed by atoms with E-state index in [2.05, 4.69) is 44.3 Å². The fourth-order valence-corrected chi connectivity index (χ4v) is 2.44. The molecule has 3 nitrogen and oxygen atoms in total. The smallest absolute Gasteiger partial charge is 0.123 e. The highest BCUT2D eigenvalue weighted by atomic mass is 16.5. The van der Waals surface area contributed by atoms with E-state index in [1.807, 2.05) is 30.3 Å². The highest BCUT2D eigenvalue weighted by Gasteiger charge is 2.12. The Kier molecular flexibility index (Phi) is 6.33. The zero-order valence-corrected chi connectivity index (χ0v) is 14.5. The molecule has 0 aliphatic carbocycles. The molecule has 2 atom stereocenters. The summed E-state index contributed by atoms with van der Waals surface area (Å²) in [5.41, 5.74) is 2.35. The van der Waals surface area contributed by atoms with E-state index in [1.54, 1.807) is 7.11 Å². The summed E-state index contributed by atoms with van der Waals surface area (Å²) in [6.45, 7) is 7.28. The average molecular weight is 313 g/mol. The molecule has 0 aromatic heterocycles. The second kappa shape index (κ2) is 8.47. The SMILES string of the molecule is CCC(C)c1ccccc1OC(C)CNc1ccc(OC)cc1. The van der Waals surface area contributed by atoms with Gasteiger partial charge >= 0.3 is 0 Å². The van der Waals surface area contributed by atoms with Gasteiger partial charge in [0.25, 0.3) is 0 Å². The van der Waals surface area contributed by atoms with Gasteiger partial charge in [0.2, 0.25) is 0 Å². The molecule has 0 aliphatic rings. The van der Waals surface area contributed by atoms with Crippen molar-refractivity contribution in [2.24, 2.45) is 0 Å². The van der Waals surface area contributed by atoms with E-state index in [4.69, 9.17) is 9.47 Å². The van der Waals surface area contributed by atoms with Crippen LogP contribution in [0.3, 0.4) is 0 Å². The van der Waals surface area contributed by atoms with Crippen LogP contribution in [0.4, 0.5) is 5.69 Å². The van der Waals surface area contributed by atoms with Gasteiger partial charge in [0.05, 0.1) is 13.7 Å². The van der Waals surface area contributed by atoms with Crippen molar-refractivity contribution in [3.8, 4) is 11.5 Å². The Morgan fingerprint density at radius 2 is 1.70 bits per heavy atom. The minimum Gasteiger partial charge on any atom is -0.497 e. The summed E-state index contributed by atoms with van der Waals surface area (Å²) in [6.07, 6.45) is 1.20. The summed E-state index contributed by atoms with van der Waals surface area (Å²) in [4.78, 5) is 0. The molecule has 0 fully saturated rings. The monoisotopic (exact) mass is 313 g/mol. The van der Waals surface area contributed by atoms with Crippen LogP contribution < -0.4 is 14.8 Å². The molecule has 0 spiro atoms. The third-order valence-corrected chi connectivity index (χ3v) is 4.07. The Morgan fingerprint density at radius 3 is 2.35 bits per heavy atom. The maximum atomic E-state index is 6.15. The maximum absolute atomic E-state index is 6.15. The molecule has 2 rings (SSSR count). The molecule has 23 heavy (non-hydrogen) atoms. The molecule has 2 unspecified atom stereocenters. The first-order valence-corrected chi connectivity index (χ1v) is 8.27. The molecule has 1 N–H and O–H groups in total. The van der Waals surface area contributed by atoms with Gasteiger partial charge in [-0.1, -0.05) is 32.0 Å². The molecule has 0 amide bonds. The number of ether oxygens (including phenoxy) is 2. The van der Waals surface area contributed by atoms with Crippen molar-refractivity contribution in [1.29, 1.82) is 0 Å². The molecule has 0 aliphatic heterocycles. The van der Waals surface area contributed by atoms with Gasteiger partial charge in [-0.25, -0.2) is 0 Å². The quantitative estimate of drug-likeness (QED) is 0.736. The fraction of sp³-hybridized carbons (Fsp3) is 0.400. The second-order valence-corrected chi connectivity index (χ2v) is 5.88. The zero-order valence-electron chi connectivity index (χ0n) is 14.5. The van der Waals surface area contributed by atoms with Crippen LogP contribution in [0.2, 0.25) is 0 Å². The normalized spacial score (nSPS) is 13.2. The molecule has 0 heterocycles. The third-order valence-electron chi connectivity index (χ3n) is 4.07. The molecule has 124 valence electrons. The van der Waals surface area contributed by atoms with Crippen LogP contribution in [-0.4, -0.2) is 19.8 Å². The standard InChI is InChI=1S/C20H27NO2/c1-5-15(2)19-8-6-7-9-20(19)23-16(3)14-21-17-10-12-18(22-4)13-11-17/h6-13,15-16,21H,5,14H2,1-4H3. The largest absolute Gasteiger partial charge is 0.497 e. The summed E-state index contributed by atoms with van der Waals surface area (Å²) < 4.78 is 11.3. The van der Waals surface area contributed by atoms with Gasteiger partial charge in [0.15, 0.2) is 0 Å². The lowest BCUT2D eigenvalue weighted by Crippen LogP contribution is -2.23. The molecule has 0 radical (unpaired) electrons. The first-order valence-electron chi connectivity index (χ1n) is 8.27. The van der Waals surface area contributed by atoms with Gasteiger partial charge in [0.1, 0.15) is 17.6 Å². The topological polar surface area (TPSA) is 30.5 Å². The predicted octanol–water partition coefficient (Wildman–Crippen LogP) is 5.09. The first kappa shape index (κ1) is 17.2. The molecular formula is C20H27NO2.